The van der Waals surface area contributed by atoms with Crippen molar-refractivity contribution in [3.05, 3.63) is 105 Å². The van der Waals surface area contributed by atoms with Crippen LogP contribution in [0.25, 0.3) is 11.3 Å². The molecular formula is C30H28BrN4O4S+. The van der Waals surface area contributed by atoms with Crippen molar-refractivity contribution in [1.82, 2.24) is 10.1 Å². The summed E-state index contributed by atoms with van der Waals surface area (Å²) in [4.78, 5) is 31.6. The molecule has 1 unspecified atom stereocenters. The van der Waals surface area contributed by atoms with E-state index in [9.17, 15) is 9.59 Å². The van der Waals surface area contributed by atoms with E-state index in [4.69, 9.17) is 14.6 Å². The lowest BCUT2D eigenvalue weighted by Gasteiger charge is -2.32. The molecule has 3 aromatic carbocycles. The average molecular weight is 621 g/mol. The normalized spacial score (nSPS) is 13.8. The lowest BCUT2D eigenvalue weighted by atomic mass is 10.0. The van der Waals surface area contributed by atoms with Crippen LogP contribution in [-0.4, -0.2) is 28.9 Å². The Labute approximate surface area is 244 Å². The molecule has 0 saturated heterocycles. The number of aromatic amines is 1. The number of benzene rings is 3. The molecule has 0 spiro atoms. The molecule has 0 aliphatic carbocycles. The van der Waals surface area contributed by atoms with Crippen molar-refractivity contribution in [2.75, 3.05) is 17.8 Å². The molecule has 2 heterocycles. The minimum Gasteiger partial charge on any atom is -0.493 e. The van der Waals surface area contributed by atoms with Gasteiger partial charge in [0.25, 0.3) is 6.17 Å². The van der Waals surface area contributed by atoms with Gasteiger partial charge in [-0.2, -0.15) is 0 Å². The van der Waals surface area contributed by atoms with Crippen LogP contribution in [0.4, 0.5) is 5.69 Å². The van der Waals surface area contributed by atoms with E-state index in [0.29, 0.717) is 56.0 Å². The number of thioether (sulfide) groups is 1. The van der Waals surface area contributed by atoms with Gasteiger partial charge in [-0.3, -0.25) is 14.6 Å². The minimum atomic E-state index is -0.754. The highest BCUT2D eigenvalue weighted by Crippen LogP contribution is 2.42. The van der Waals surface area contributed by atoms with Crippen LogP contribution in [0.15, 0.2) is 93.8 Å². The van der Waals surface area contributed by atoms with Crippen LogP contribution in [0, 0.1) is 0 Å². The second-order valence-corrected chi connectivity index (χ2v) is 10.8. The summed E-state index contributed by atoms with van der Waals surface area (Å²) in [6.45, 7) is 5.93. The molecule has 40 heavy (non-hydrogen) atoms. The topological polar surface area (TPSA) is 88.4 Å². The van der Waals surface area contributed by atoms with E-state index >= 15 is 0 Å². The van der Waals surface area contributed by atoms with Crippen LogP contribution < -0.4 is 24.6 Å². The first-order chi connectivity index (χ1) is 19.5. The smallest absolute Gasteiger partial charge is 0.325 e. The summed E-state index contributed by atoms with van der Waals surface area (Å²) in [7, 11) is 1.57. The summed E-state index contributed by atoms with van der Waals surface area (Å²) < 4.78 is 14.2. The number of carbonyl (C=O) groups is 1. The molecule has 0 bridgehead atoms. The van der Waals surface area contributed by atoms with E-state index in [-0.39, 0.29) is 17.9 Å². The largest absolute Gasteiger partial charge is 0.493 e. The molecular weight excluding hydrogens is 592 g/mol. The van der Waals surface area contributed by atoms with Gasteiger partial charge in [0.1, 0.15) is 6.61 Å². The third-order valence-corrected chi connectivity index (χ3v) is 7.89. The number of halogens is 1. The van der Waals surface area contributed by atoms with Crippen molar-refractivity contribution in [2.45, 2.75) is 31.3 Å². The zero-order chi connectivity index (χ0) is 28.2. The van der Waals surface area contributed by atoms with Gasteiger partial charge >= 0.3 is 11.3 Å². The Morgan fingerprint density at radius 1 is 1.20 bits per heavy atom. The second-order valence-electron chi connectivity index (χ2n) is 8.97. The number of amides is 1. The van der Waals surface area contributed by atoms with Crippen molar-refractivity contribution in [2.24, 2.45) is 0 Å². The minimum absolute atomic E-state index is 0.113. The van der Waals surface area contributed by atoms with Crippen LogP contribution in [-0.2, 0) is 11.4 Å². The monoisotopic (exact) mass is 619 g/mol. The summed E-state index contributed by atoms with van der Waals surface area (Å²) in [6.07, 6.45) is 1.25. The number of aromatic nitrogens is 3. The number of nitrogens with zero attached hydrogens (tertiary/aromatic N) is 3. The van der Waals surface area contributed by atoms with Crippen molar-refractivity contribution in [3.63, 3.8) is 0 Å². The van der Waals surface area contributed by atoms with Crippen LogP contribution >= 0.6 is 27.7 Å². The Kier molecular flexibility index (Phi) is 8.37. The van der Waals surface area contributed by atoms with Crippen molar-refractivity contribution in [1.29, 1.82) is 0 Å². The first kappa shape index (κ1) is 27.7. The molecule has 4 aromatic rings. The molecule has 5 rings (SSSR count). The molecule has 204 valence electrons. The SMILES string of the molecule is C=CCSc1n[n+]2c(c(=O)[nH]1)-c1ccccc1N(C(=O)CC)C2c1cc(Br)c(OCc2ccccc2)c(OC)c1. The van der Waals surface area contributed by atoms with E-state index < -0.39 is 6.17 Å². The number of methoxy groups -OCH3 is 1. The highest BCUT2D eigenvalue weighted by Gasteiger charge is 2.45. The van der Waals surface area contributed by atoms with Gasteiger partial charge in [-0.1, -0.05) is 67.2 Å². The number of H-pyrrole nitrogens is 1. The first-order valence-corrected chi connectivity index (χ1v) is 14.5. The fraction of sp³-hybridized carbons (Fsp3) is 0.200. The number of rotatable bonds is 9. The number of hydrogen-bond acceptors (Lipinski definition) is 6. The maximum atomic E-state index is 13.5. The van der Waals surface area contributed by atoms with E-state index in [0.717, 1.165) is 5.56 Å². The number of nitrogens with one attached hydrogen (secondary N) is 1. The highest BCUT2D eigenvalue weighted by atomic mass is 79.9. The summed E-state index contributed by atoms with van der Waals surface area (Å²) in [5.41, 5.74) is 3.04. The molecule has 1 amide bonds. The van der Waals surface area contributed by atoms with Gasteiger partial charge in [0, 0.05) is 17.3 Å². The molecule has 1 atom stereocenters. The van der Waals surface area contributed by atoms with Gasteiger partial charge in [-0.05, 0) is 50.4 Å². The number of anilines is 1. The van der Waals surface area contributed by atoms with E-state index in [1.165, 1.54) is 11.8 Å². The quantitative estimate of drug-likeness (QED) is 0.148. The number of carbonyl (C=O) groups excluding carboxylic acids is 1. The molecule has 8 nitrogen and oxygen atoms in total. The molecule has 1 aromatic heterocycles. The summed E-state index contributed by atoms with van der Waals surface area (Å²) in [6, 6.07) is 20.9. The van der Waals surface area contributed by atoms with Gasteiger partial charge in [0.15, 0.2) is 11.5 Å². The Hall–Kier alpha value is -3.89. The zero-order valence-corrected chi connectivity index (χ0v) is 24.5. The summed E-state index contributed by atoms with van der Waals surface area (Å²) >= 11 is 5.02. The molecule has 1 aliphatic heterocycles. The third kappa shape index (κ3) is 5.29. The van der Waals surface area contributed by atoms with Crippen LogP contribution in [0.3, 0.4) is 0 Å². The van der Waals surface area contributed by atoms with Gasteiger partial charge < -0.3 is 9.47 Å². The van der Waals surface area contributed by atoms with E-state index in [1.54, 1.807) is 22.8 Å². The number of para-hydroxylation sites is 1. The lowest BCUT2D eigenvalue weighted by Crippen LogP contribution is -2.60. The highest BCUT2D eigenvalue weighted by molar-refractivity contribution is 9.10. The Morgan fingerprint density at radius 3 is 2.67 bits per heavy atom. The third-order valence-electron chi connectivity index (χ3n) is 6.44. The number of fused-ring (bicyclic) bond motifs is 3. The predicted molar refractivity (Wildman–Crippen MR) is 159 cm³/mol. The standard InChI is InChI=1S/C30H27BrN4O4S/c1-4-15-40-30-32-28(37)26-21-13-9-10-14-23(21)34(25(36)5-2)29(35(26)33-30)20-16-22(31)27(24(17-20)38-3)39-18-19-11-7-6-8-12-19/h4,6-14,16-17,29H,1,5,15,18H2,2-3H3/p+1. The van der Waals surface area contributed by atoms with Crippen LogP contribution in [0.5, 0.6) is 11.5 Å². The molecule has 1 N–H and O–H groups in total. The Balaban J connectivity index is 1.69. The predicted octanol–water partition coefficient (Wildman–Crippen LogP) is 5.66. The van der Waals surface area contributed by atoms with Gasteiger partial charge in [0.2, 0.25) is 11.1 Å². The molecule has 0 fully saturated rings. The summed E-state index contributed by atoms with van der Waals surface area (Å²) in [5.74, 6) is 1.47. The molecule has 10 heteroatoms. The van der Waals surface area contributed by atoms with Gasteiger partial charge in [-0.25, -0.2) is 4.90 Å². The van der Waals surface area contributed by atoms with Crippen molar-refractivity contribution in [3.8, 4) is 22.8 Å². The van der Waals surface area contributed by atoms with Crippen molar-refractivity contribution >= 4 is 39.3 Å². The second kappa shape index (κ2) is 12.1. The zero-order valence-electron chi connectivity index (χ0n) is 22.1. The van der Waals surface area contributed by atoms with Crippen molar-refractivity contribution < 1.29 is 19.0 Å². The van der Waals surface area contributed by atoms with E-state index in [2.05, 4.69) is 27.5 Å². The summed E-state index contributed by atoms with van der Waals surface area (Å²) in [5, 5.41) is 5.24. The Bertz CT molecular complexity index is 1630. The lowest BCUT2D eigenvalue weighted by molar-refractivity contribution is -0.763. The molecule has 1 aliphatic rings. The van der Waals surface area contributed by atoms with E-state index in [1.807, 2.05) is 73.7 Å². The van der Waals surface area contributed by atoms with Gasteiger partial charge in [-0.15, -0.1) is 6.58 Å². The fourth-order valence-corrected chi connectivity index (χ4v) is 5.83. The average Bonchev–Trinajstić information content (AvgIpc) is 2.98. The molecule has 0 radical (unpaired) electrons. The van der Waals surface area contributed by atoms with Crippen LogP contribution in [0.1, 0.15) is 30.6 Å². The maximum absolute atomic E-state index is 13.5. The fourth-order valence-electron chi connectivity index (χ4n) is 4.67. The van der Waals surface area contributed by atoms with Crippen LogP contribution in [0.2, 0.25) is 0 Å². The first-order valence-electron chi connectivity index (χ1n) is 12.7. The Morgan fingerprint density at radius 2 is 1.95 bits per heavy atom. The van der Waals surface area contributed by atoms with Gasteiger partial charge in [0.05, 0.1) is 28.4 Å². The number of ether oxygens (including phenoxy) is 2. The number of hydrogen-bond donors (Lipinski definition) is 1. The molecule has 0 saturated carbocycles. The maximum Gasteiger partial charge on any atom is 0.325 e.